The summed E-state index contributed by atoms with van der Waals surface area (Å²) in [6.07, 6.45) is 1.47. The van der Waals surface area contributed by atoms with E-state index in [-0.39, 0.29) is 5.41 Å². The van der Waals surface area contributed by atoms with E-state index in [1.165, 1.54) is 4.90 Å². The summed E-state index contributed by atoms with van der Waals surface area (Å²) in [7, 11) is 0. The molecule has 1 amide bonds. The summed E-state index contributed by atoms with van der Waals surface area (Å²) in [6, 6.07) is 0. The molecule has 0 radical (unpaired) electrons. The highest BCUT2D eigenvalue weighted by molar-refractivity contribution is 5.65. The number of ether oxygens (including phenoxy) is 1. The number of rotatable bonds is 1. The number of amides is 1. The Morgan fingerprint density at radius 1 is 1.54 bits per heavy atom. The Balaban J connectivity index is 1.91. The van der Waals surface area contributed by atoms with Crippen molar-refractivity contribution in [2.75, 3.05) is 19.7 Å². The number of hydrogen-bond donors (Lipinski definition) is 1. The normalized spacial score (nSPS) is 31.5. The Kier molecular flexibility index (Phi) is 1.95. The van der Waals surface area contributed by atoms with Gasteiger partial charge in [-0.25, -0.2) is 4.79 Å². The molecule has 0 spiro atoms. The van der Waals surface area contributed by atoms with Gasteiger partial charge in [0.2, 0.25) is 0 Å². The van der Waals surface area contributed by atoms with Gasteiger partial charge in [-0.1, -0.05) is 6.92 Å². The van der Waals surface area contributed by atoms with Crippen LogP contribution >= 0.6 is 0 Å². The van der Waals surface area contributed by atoms with Crippen LogP contribution in [0.15, 0.2) is 0 Å². The van der Waals surface area contributed by atoms with Crippen LogP contribution in [0.2, 0.25) is 0 Å². The average molecular weight is 185 g/mol. The zero-order chi connectivity index (χ0) is 9.47. The number of carboxylic acid groups (broad SMARTS) is 1. The van der Waals surface area contributed by atoms with Crippen LogP contribution in [-0.4, -0.2) is 41.9 Å². The van der Waals surface area contributed by atoms with Gasteiger partial charge in [0.15, 0.2) is 0 Å². The molecular formula is C9H15NO3. The summed E-state index contributed by atoms with van der Waals surface area (Å²) in [5.74, 6) is 0. The van der Waals surface area contributed by atoms with Gasteiger partial charge in [0.05, 0.1) is 12.7 Å². The van der Waals surface area contributed by atoms with Crippen molar-refractivity contribution in [3.05, 3.63) is 0 Å². The first kappa shape index (κ1) is 8.81. The molecule has 4 heteroatoms. The van der Waals surface area contributed by atoms with Crippen molar-refractivity contribution in [3.63, 3.8) is 0 Å². The van der Waals surface area contributed by atoms with Gasteiger partial charge in [0.1, 0.15) is 0 Å². The van der Waals surface area contributed by atoms with Crippen molar-refractivity contribution in [1.29, 1.82) is 0 Å². The minimum Gasteiger partial charge on any atom is -0.465 e. The molecule has 0 aromatic carbocycles. The fourth-order valence-corrected chi connectivity index (χ4v) is 1.98. The smallest absolute Gasteiger partial charge is 0.407 e. The maximum absolute atomic E-state index is 10.6. The van der Waals surface area contributed by atoms with Gasteiger partial charge in [0, 0.05) is 13.1 Å². The first-order chi connectivity index (χ1) is 6.12. The minimum atomic E-state index is -0.793. The van der Waals surface area contributed by atoms with Gasteiger partial charge in [0.25, 0.3) is 0 Å². The SMILES string of the molecule is CC1(C2CO2)CCN(C(=O)O)CC1. The lowest BCUT2D eigenvalue weighted by Crippen LogP contribution is -2.43. The standard InChI is InChI=1S/C9H15NO3/c1-9(7-6-13-7)2-4-10(5-3-9)8(11)12/h7H,2-6H2,1H3,(H,11,12). The number of carbonyl (C=O) groups is 1. The third kappa shape index (κ3) is 1.63. The van der Waals surface area contributed by atoms with E-state index < -0.39 is 6.09 Å². The quantitative estimate of drug-likeness (QED) is 0.624. The largest absolute Gasteiger partial charge is 0.465 e. The molecule has 1 N–H and O–H groups in total. The van der Waals surface area contributed by atoms with Gasteiger partial charge in [-0.3, -0.25) is 0 Å². The van der Waals surface area contributed by atoms with E-state index in [2.05, 4.69) is 6.92 Å². The molecule has 2 aliphatic heterocycles. The van der Waals surface area contributed by atoms with Gasteiger partial charge >= 0.3 is 6.09 Å². The highest BCUT2D eigenvalue weighted by atomic mass is 16.6. The Hall–Kier alpha value is -0.770. The van der Waals surface area contributed by atoms with Crippen molar-refractivity contribution in [1.82, 2.24) is 4.90 Å². The number of epoxide rings is 1. The Morgan fingerprint density at radius 3 is 2.46 bits per heavy atom. The number of piperidine rings is 1. The van der Waals surface area contributed by atoms with E-state index in [0.29, 0.717) is 19.2 Å². The molecule has 2 rings (SSSR count). The molecule has 4 nitrogen and oxygen atoms in total. The zero-order valence-corrected chi connectivity index (χ0v) is 7.82. The second kappa shape index (κ2) is 2.87. The van der Waals surface area contributed by atoms with E-state index in [4.69, 9.17) is 9.84 Å². The second-order valence-corrected chi connectivity index (χ2v) is 4.25. The molecule has 2 fully saturated rings. The molecular weight excluding hydrogens is 170 g/mol. The highest BCUT2D eigenvalue weighted by Crippen LogP contribution is 2.41. The molecule has 0 aromatic rings. The highest BCUT2D eigenvalue weighted by Gasteiger charge is 2.45. The molecule has 13 heavy (non-hydrogen) atoms. The van der Waals surface area contributed by atoms with Crippen LogP contribution in [0.3, 0.4) is 0 Å². The van der Waals surface area contributed by atoms with Crippen LogP contribution in [0.1, 0.15) is 19.8 Å². The molecule has 0 bridgehead atoms. The van der Waals surface area contributed by atoms with Crippen LogP contribution in [0.4, 0.5) is 4.79 Å². The van der Waals surface area contributed by atoms with E-state index in [1.807, 2.05) is 0 Å². The average Bonchev–Trinajstić information content (AvgIpc) is 2.87. The summed E-state index contributed by atoms with van der Waals surface area (Å²) in [6.45, 7) is 4.38. The molecule has 0 saturated carbocycles. The van der Waals surface area contributed by atoms with Crippen molar-refractivity contribution in [2.45, 2.75) is 25.9 Å². The number of nitrogens with zero attached hydrogens (tertiary/aromatic N) is 1. The number of hydrogen-bond acceptors (Lipinski definition) is 2. The summed E-state index contributed by atoms with van der Waals surface area (Å²) in [5.41, 5.74) is 0.228. The summed E-state index contributed by atoms with van der Waals surface area (Å²) in [4.78, 5) is 12.1. The summed E-state index contributed by atoms with van der Waals surface area (Å²) < 4.78 is 5.28. The fraction of sp³-hybridized carbons (Fsp3) is 0.889. The van der Waals surface area contributed by atoms with E-state index in [1.54, 1.807) is 0 Å². The van der Waals surface area contributed by atoms with E-state index >= 15 is 0 Å². The van der Waals surface area contributed by atoms with Crippen molar-refractivity contribution in [2.24, 2.45) is 5.41 Å². The predicted octanol–water partition coefficient (Wildman–Crippen LogP) is 1.17. The first-order valence-electron chi connectivity index (χ1n) is 4.71. The van der Waals surface area contributed by atoms with Crippen LogP contribution in [0.25, 0.3) is 0 Å². The molecule has 0 aromatic heterocycles. The Bertz CT molecular complexity index is 217. The predicted molar refractivity (Wildman–Crippen MR) is 46.7 cm³/mol. The van der Waals surface area contributed by atoms with Gasteiger partial charge in [-0.2, -0.15) is 0 Å². The van der Waals surface area contributed by atoms with Crippen molar-refractivity contribution < 1.29 is 14.6 Å². The molecule has 74 valence electrons. The molecule has 2 aliphatic rings. The van der Waals surface area contributed by atoms with Crippen LogP contribution < -0.4 is 0 Å². The van der Waals surface area contributed by atoms with Gasteiger partial charge in [-0.05, 0) is 18.3 Å². The van der Waals surface area contributed by atoms with Crippen molar-refractivity contribution >= 4 is 6.09 Å². The minimum absolute atomic E-state index is 0.228. The molecule has 1 atom stereocenters. The maximum atomic E-state index is 10.6. The van der Waals surface area contributed by atoms with Crippen LogP contribution in [0.5, 0.6) is 0 Å². The van der Waals surface area contributed by atoms with Crippen molar-refractivity contribution in [3.8, 4) is 0 Å². The van der Waals surface area contributed by atoms with E-state index in [9.17, 15) is 4.79 Å². The third-order valence-corrected chi connectivity index (χ3v) is 3.29. The second-order valence-electron chi connectivity index (χ2n) is 4.25. The third-order valence-electron chi connectivity index (χ3n) is 3.29. The summed E-state index contributed by atoms with van der Waals surface area (Å²) in [5, 5.41) is 8.76. The zero-order valence-electron chi connectivity index (χ0n) is 7.82. The van der Waals surface area contributed by atoms with Gasteiger partial charge < -0.3 is 14.7 Å². The molecule has 0 aliphatic carbocycles. The van der Waals surface area contributed by atoms with Crippen LogP contribution in [-0.2, 0) is 4.74 Å². The number of likely N-dealkylation sites (tertiary alicyclic amines) is 1. The Morgan fingerprint density at radius 2 is 2.08 bits per heavy atom. The monoisotopic (exact) mass is 185 g/mol. The molecule has 2 heterocycles. The maximum Gasteiger partial charge on any atom is 0.407 e. The molecule has 2 saturated heterocycles. The topological polar surface area (TPSA) is 53.1 Å². The lowest BCUT2D eigenvalue weighted by molar-refractivity contribution is 0.0806. The Labute approximate surface area is 77.5 Å². The fourth-order valence-electron chi connectivity index (χ4n) is 1.98. The van der Waals surface area contributed by atoms with Gasteiger partial charge in [-0.15, -0.1) is 0 Å². The van der Waals surface area contributed by atoms with Crippen LogP contribution in [0, 0.1) is 5.41 Å². The molecule has 1 unspecified atom stereocenters. The lowest BCUT2D eigenvalue weighted by Gasteiger charge is -2.37. The summed E-state index contributed by atoms with van der Waals surface area (Å²) >= 11 is 0. The van der Waals surface area contributed by atoms with E-state index in [0.717, 1.165) is 19.4 Å². The lowest BCUT2D eigenvalue weighted by atomic mass is 9.78. The first-order valence-corrected chi connectivity index (χ1v) is 4.71.